The van der Waals surface area contributed by atoms with Crippen molar-refractivity contribution in [2.45, 2.75) is 106 Å². The molecule has 26 heteroatoms. The van der Waals surface area contributed by atoms with Crippen molar-refractivity contribution in [3.05, 3.63) is 142 Å². The van der Waals surface area contributed by atoms with Gasteiger partial charge in [-0.25, -0.2) is 4.39 Å². The standard InChI is InChI=1S/C58H62F3N10O12P/c59-49-35(11-14-39-48(49)57(80)71(55(39)78)45-18-20-47(73)66-54(45)77)30-68-24-21-32(22-25-68)29-69-26-23-38-13-17-44(53(76)64-41(16-19-46(62)72)51(74)67-50(33-7-3-1-4-8-33)34-9-5-2-6-10-34)70(38)56(79)43(31-69)65-52(75)42-28-36-27-37(12-15-40(36)63-42)58(60,61)84(81,82)83/h1-12,14-15,27-28,32,38,41,43-45,50,63H,13,16-26,29-31H2,(H2,62,72)(H,64,76)(H,65,75)(H,67,74)(H,66,73,77)(H2,81,82,83)/t38-,41+,43+,44+,45?/m1/s1. The molecule has 1 aromatic heterocycles. The summed E-state index contributed by atoms with van der Waals surface area (Å²) in [5.74, 6) is -7.39. The number of carbonyl (C=O) groups excluding carboxylic acids is 9. The molecular weight excluding hydrogens is 1120 g/mol. The minimum absolute atomic E-state index is 0.0202. The average molecular weight is 1180 g/mol. The monoisotopic (exact) mass is 1180 g/mol. The van der Waals surface area contributed by atoms with Crippen molar-refractivity contribution in [3.8, 4) is 0 Å². The summed E-state index contributed by atoms with van der Waals surface area (Å²) in [4.78, 5) is 149. The first-order chi connectivity index (χ1) is 40.1. The molecule has 5 aliphatic rings. The van der Waals surface area contributed by atoms with Gasteiger partial charge < -0.3 is 46.3 Å². The molecule has 0 radical (unpaired) electrons. The van der Waals surface area contributed by atoms with E-state index >= 15 is 9.18 Å². The van der Waals surface area contributed by atoms with Crippen molar-refractivity contribution in [2.75, 3.05) is 32.7 Å². The van der Waals surface area contributed by atoms with Crippen LogP contribution in [0.25, 0.3) is 10.9 Å². The molecule has 5 aliphatic heterocycles. The molecule has 4 saturated heterocycles. The SMILES string of the molecule is NC(=O)CC[C@H](NC(=O)[C@@H]1CC[C@@H]2CCN(CC3CCN(Cc4ccc5c(c4F)C(=O)N(C4CCC(=O)NC4=O)C5=O)CC3)C[C@H](NC(=O)c3cc4cc(C(F)(F)P(=O)(O)O)ccc4[nH]3)C(=O)N21)C(=O)NC(c1ccccc1)c1ccccc1. The first-order valence-corrected chi connectivity index (χ1v) is 29.3. The summed E-state index contributed by atoms with van der Waals surface area (Å²) in [5.41, 5.74) is 1.11. The smallest absolute Gasteiger partial charge is 0.370 e. The molecule has 4 aromatic carbocycles. The number of hydrogen-bond donors (Lipinski definition) is 8. The van der Waals surface area contributed by atoms with Crippen molar-refractivity contribution >= 4 is 71.7 Å². The first kappa shape index (κ1) is 59.1. The van der Waals surface area contributed by atoms with Gasteiger partial charge in [0.1, 0.15) is 35.7 Å². The maximum absolute atomic E-state index is 16.2. The Labute approximate surface area is 479 Å². The predicted octanol–water partition coefficient (Wildman–Crippen LogP) is 3.67. The van der Waals surface area contributed by atoms with Crippen LogP contribution in [0.3, 0.4) is 0 Å². The van der Waals surface area contributed by atoms with Crippen LogP contribution in [0, 0.1) is 11.7 Å². The Bertz CT molecular complexity index is 3450. The van der Waals surface area contributed by atoms with Gasteiger partial charge in [-0.05, 0) is 99.3 Å². The third-order valence-corrected chi connectivity index (χ3v) is 17.6. The number of likely N-dealkylation sites (tertiary alicyclic amines) is 1. The van der Waals surface area contributed by atoms with Crippen LogP contribution >= 0.6 is 7.60 Å². The number of piperidine rings is 2. The van der Waals surface area contributed by atoms with E-state index in [1.165, 1.54) is 23.1 Å². The number of nitrogens with zero attached hydrogens (tertiary/aromatic N) is 4. The quantitative estimate of drug-likeness (QED) is 0.0459. The van der Waals surface area contributed by atoms with Gasteiger partial charge in [-0.3, -0.25) is 62.8 Å². The summed E-state index contributed by atoms with van der Waals surface area (Å²) in [6, 6.07) is 19.0. The van der Waals surface area contributed by atoms with Crippen LogP contribution in [0.2, 0.25) is 0 Å². The molecule has 4 fully saturated rings. The lowest BCUT2D eigenvalue weighted by atomic mass is 9.94. The van der Waals surface area contributed by atoms with Gasteiger partial charge in [0, 0.05) is 67.1 Å². The number of nitrogens with one attached hydrogen (secondary N) is 5. The highest BCUT2D eigenvalue weighted by Gasteiger charge is 2.51. The summed E-state index contributed by atoms with van der Waals surface area (Å²) in [5, 5.41) is 10.8. The number of aromatic amines is 1. The zero-order chi connectivity index (χ0) is 59.8. The summed E-state index contributed by atoms with van der Waals surface area (Å²) >= 11 is 0. The minimum atomic E-state index is -5.93. The zero-order valence-corrected chi connectivity index (χ0v) is 46.2. The Morgan fingerprint density at radius 3 is 2.13 bits per heavy atom. The normalized spacial score (nSPS) is 21.4. The number of alkyl halides is 2. The topological polar surface area (TPSA) is 314 Å². The van der Waals surface area contributed by atoms with Gasteiger partial charge in [-0.1, -0.05) is 72.8 Å². The molecule has 0 aliphatic carbocycles. The van der Waals surface area contributed by atoms with E-state index in [0.717, 1.165) is 29.3 Å². The van der Waals surface area contributed by atoms with E-state index < -0.39 is 120 Å². The Balaban J connectivity index is 0.852. The number of aromatic nitrogens is 1. The number of halogens is 3. The van der Waals surface area contributed by atoms with Crippen molar-refractivity contribution in [1.82, 2.24) is 45.9 Å². The summed E-state index contributed by atoms with van der Waals surface area (Å²) in [6.45, 7) is 1.91. The summed E-state index contributed by atoms with van der Waals surface area (Å²) < 4.78 is 57.5. The molecule has 5 atom stereocenters. The van der Waals surface area contributed by atoms with Crippen molar-refractivity contribution < 1.29 is 70.7 Å². The van der Waals surface area contributed by atoms with Crippen LogP contribution in [0.4, 0.5) is 13.2 Å². The molecule has 1 unspecified atom stereocenters. The van der Waals surface area contributed by atoms with Gasteiger partial charge >= 0.3 is 13.3 Å². The van der Waals surface area contributed by atoms with Crippen molar-refractivity contribution in [3.63, 3.8) is 0 Å². The largest absolute Gasteiger partial charge is 0.399 e. The number of rotatable bonds is 18. The lowest BCUT2D eigenvalue weighted by molar-refractivity contribution is -0.144. The van der Waals surface area contributed by atoms with Gasteiger partial charge in [-0.15, -0.1) is 0 Å². The average Bonchev–Trinajstić information content (AvgIpc) is 1.86. The number of fused-ring (bicyclic) bond motifs is 3. The van der Waals surface area contributed by atoms with Crippen LogP contribution in [0.1, 0.15) is 117 Å². The molecule has 0 saturated carbocycles. The highest BCUT2D eigenvalue weighted by Crippen LogP contribution is 2.59. The molecule has 22 nitrogen and oxygen atoms in total. The van der Waals surface area contributed by atoms with Gasteiger partial charge in [0.2, 0.25) is 35.4 Å². The van der Waals surface area contributed by atoms with Gasteiger partial charge in [-0.2, -0.15) is 8.78 Å². The molecule has 9 amide bonds. The van der Waals surface area contributed by atoms with Crippen molar-refractivity contribution in [2.24, 2.45) is 11.7 Å². The third kappa shape index (κ3) is 12.3. The lowest BCUT2D eigenvalue weighted by Crippen LogP contribution is -2.61. The van der Waals surface area contributed by atoms with Crippen molar-refractivity contribution in [1.29, 1.82) is 0 Å². The molecular formula is C58H62F3N10O12P. The number of H-pyrrole nitrogens is 1. The molecule has 9 N–H and O–H groups in total. The second-order valence-electron chi connectivity index (χ2n) is 22.1. The maximum atomic E-state index is 16.2. The second kappa shape index (κ2) is 24.2. The Morgan fingerprint density at radius 2 is 1.48 bits per heavy atom. The number of carbonyl (C=O) groups is 9. The molecule has 0 spiro atoms. The number of imide groups is 2. The van der Waals surface area contributed by atoms with E-state index in [2.05, 4.69) is 26.3 Å². The molecule has 5 aromatic rings. The van der Waals surface area contributed by atoms with Crippen LogP contribution in [0.15, 0.2) is 97.1 Å². The fourth-order valence-electron chi connectivity index (χ4n) is 12.1. The van der Waals surface area contributed by atoms with E-state index in [-0.39, 0.29) is 78.8 Å². The fourth-order valence-corrected chi connectivity index (χ4v) is 12.6. The van der Waals surface area contributed by atoms with Gasteiger partial charge in [0.15, 0.2) is 0 Å². The molecule has 442 valence electrons. The molecule has 84 heavy (non-hydrogen) atoms. The van der Waals surface area contributed by atoms with E-state index in [9.17, 15) is 61.5 Å². The Hall–Kier alpha value is -8.09. The van der Waals surface area contributed by atoms with Crippen LogP contribution < -0.4 is 27.0 Å². The van der Waals surface area contributed by atoms with E-state index in [1.807, 2.05) is 70.5 Å². The third-order valence-electron chi connectivity index (χ3n) is 16.6. The molecule has 6 heterocycles. The lowest BCUT2D eigenvalue weighted by Gasteiger charge is -2.40. The summed E-state index contributed by atoms with van der Waals surface area (Å²) in [6.07, 6.45) is 1.62. The maximum Gasteiger partial charge on any atom is 0.399 e. The number of amides is 9. The fraction of sp³-hybridized carbons (Fsp3) is 0.397. The highest BCUT2D eigenvalue weighted by molar-refractivity contribution is 7.52. The Kier molecular flexibility index (Phi) is 17.1. The van der Waals surface area contributed by atoms with E-state index in [4.69, 9.17) is 5.73 Å². The predicted molar refractivity (Wildman–Crippen MR) is 295 cm³/mol. The second-order valence-corrected chi connectivity index (χ2v) is 23.7. The number of nitrogens with two attached hydrogens (primary N) is 1. The highest BCUT2D eigenvalue weighted by atomic mass is 31.2. The Morgan fingerprint density at radius 1 is 0.798 bits per heavy atom. The first-order valence-electron chi connectivity index (χ1n) is 27.7. The summed E-state index contributed by atoms with van der Waals surface area (Å²) in [7, 11) is -5.93. The van der Waals surface area contributed by atoms with Crippen LogP contribution in [0.5, 0.6) is 0 Å². The van der Waals surface area contributed by atoms with E-state index in [0.29, 0.717) is 56.8 Å². The van der Waals surface area contributed by atoms with E-state index in [1.54, 1.807) is 0 Å². The number of benzene rings is 4. The van der Waals surface area contributed by atoms with Crippen LogP contribution in [-0.2, 0) is 45.5 Å². The van der Waals surface area contributed by atoms with Gasteiger partial charge in [0.05, 0.1) is 17.2 Å². The van der Waals surface area contributed by atoms with Crippen LogP contribution in [-0.4, -0.2) is 150 Å². The van der Waals surface area contributed by atoms with Gasteiger partial charge in [0.25, 0.3) is 17.7 Å². The molecule has 0 bridgehead atoms. The number of primary amides is 1. The zero-order valence-electron chi connectivity index (χ0n) is 45.3. The minimum Gasteiger partial charge on any atom is -0.370 e. The molecule has 10 rings (SSSR count). The number of hydrogen-bond acceptors (Lipinski definition) is 12.